The molecule has 208 valence electrons. The van der Waals surface area contributed by atoms with Gasteiger partial charge in [0.2, 0.25) is 11.5 Å². The Balaban J connectivity index is 1.30. The number of nitrogens with two attached hydrogens (primary N) is 1. The van der Waals surface area contributed by atoms with E-state index in [-0.39, 0.29) is 18.3 Å². The molecule has 0 radical (unpaired) electrons. The molecule has 0 bridgehead atoms. The fraction of sp³-hybridized carbons (Fsp3) is 0.385. The number of nitrogens with one attached hydrogen (secondary N) is 1. The van der Waals surface area contributed by atoms with E-state index in [1.165, 1.54) is 6.26 Å². The Morgan fingerprint density at radius 1 is 1.15 bits per heavy atom. The standard InChI is InChI=1S/C26H28N8O6/c1-15-10-16(2-4-28-15)25-30-19(14-38-25)24(36)29-18-11-20-22(32-26(40-20)33-6-8-37-9-7-33)31-23(18)34-5-3-17(13-34)39-21(35)12-27/h2,4,10-11,14,17H,3,5-9,12-13,27H2,1H3,(H,29,36)/t17-/m1/s1. The largest absolute Gasteiger partial charge is 0.459 e. The van der Waals surface area contributed by atoms with Crippen LogP contribution in [0, 0.1) is 6.92 Å². The number of oxazole rings is 2. The minimum atomic E-state index is -0.485. The Morgan fingerprint density at radius 3 is 2.80 bits per heavy atom. The van der Waals surface area contributed by atoms with Crippen LogP contribution in [0.15, 0.2) is 39.5 Å². The highest BCUT2D eigenvalue weighted by atomic mass is 16.5. The summed E-state index contributed by atoms with van der Waals surface area (Å²) >= 11 is 0. The fourth-order valence-electron chi connectivity index (χ4n) is 4.69. The first-order chi connectivity index (χ1) is 19.5. The quantitative estimate of drug-likeness (QED) is 0.320. The number of esters is 1. The van der Waals surface area contributed by atoms with E-state index in [2.05, 4.69) is 20.3 Å². The summed E-state index contributed by atoms with van der Waals surface area (Å²) in [4.78, 5) is 46.8. The molecule has 2 saturated heterocycles. The third-order valence-corrected chi connectivity index (χ3v) is 6.67. The molecular weight excluding hydrogens is 520 g/mol. The van der Waals surface area contributed by atoms with Crippen LogP contribution in [0.25, 0.3) is 22.7 Å². The lowest BCUT2D eigenvalue weighted by atomic mass is 10.2. The fourth-order valence-corrected chi connectivity index (χ4v) is 4.69. The van der Waals surface area contributed by atoms with Crippen molar-refractivity contribution in [2.45, 2.75) is 19.4 Å². The lowest BCUT2D eigenvalue weighted by Crippen LogP contribution is -2.36. The number of anilines is 3. The van der Waals surface area contributed by atoms with Crippen LogP contribution >= 0.6 is 0 Å². The summed E-state index contributed by atoms with van der Waals surface area (Å²) in [5.74, 6) is -0.176. The predicted octanol–water partition coefficient (Wildman–Crippen LogP) is 1.75. The van der Waals surface area contributed by atoms with Crippen LogP contribution in [-0.2, 0) is 14.3 Å². The maximum Gasteiger partial charge on any atom is 0.320 e. The van der Waals surface area contributed by atoms with E-state index in [4.69, 9.17) is 29.0 Å². The Morgan fingerprint density at radius 2 is 2.00 bits per heavy atom. The number of hydrogen-bond donors (Lipinski definition) is 2. The molecule has 0 spiro atoms. The number of ether oxygens (including phenoxy) is 2. The third-order valence-electron chi connectivity index (χ3n) is 6.67. The van der Waals surface area contributed by atoms with E-state index in [1.54, 1.807) is 18.3 Å². The molecule has 2 aliphatic heterocycles. The van der Waals surface area contributed by atoms with Gasteiger partial charge < -0.3 is 39.2 Å². The third kappa shape index (κ3) is 5.31. The van der Waals surface area contributed by atoms with Crippen LogP contribution in [-0.4, -0.2) is 83.9 Å². The summed E-state index contributed by atoms with van der Waals surface area (Å²) in [5.41, 5.74) is 8.23. The summed E-state index contributed by atoms with van der Waals surface area (Å²) in [6.07, 6.45) is 3.20. The van der Waals surface area contributed by atoms with Gasteiger partial charge in [0.15, 0.2) is 17.1 Å². The molecule has 4 aromatic heterocycles. The number of carbonyl (C=O) groups is 2. The molecule has 0 aromatic carbocycles. The van der Waals surface area contributed by atoms with Gasteiger partial charge in [-0.15, -0.1) is 0 Å². The number of aromatic nitrogens is 4. The van der Waals surface area contributed by atoms with Gasteiger partial charge in [-0.3, -0.25) is 14.6 Å². The number of amides is 1. The van der Waals surface area contributed by atoms with Crippen molar-refractivity contribution in [1.29, 1.82) is 0 Å². The smallest absolute Gasteiger partial charge is 0.320 e. The zero-order valence-corrected chi connectivity index (χ0v) is 21.8. The summed E-state index contributed by atoms with van der Waals surface area (Å²) < 4.78 is 22.4. The molecule has 3 N–H and O–H groups in total. The van der Waals surface area contributed by atoms with Gasteiger partial charge in [0, 0.05) is 49.6 Å². The van der Waals surface area contributed by atoms with E-state index in [1.807, 2.05) is 22.8 Å². The molecule has 1 amide bonds. The minimum absolute atomic E-state index is 0.0956. The van der Waals surface area contributed by atoms with Crippen LogP contribution < -0.4 is 20.9 Å². The van der Waals surface area contributed by atoms with Crippen molar-refractivity contribution in [2.24, 2.45) is 5.73 Å². The van der Waals surface area contributed by atoms with Crippen molar-refractivity contribution in [3.8, 4) is 11.5 Å². The SMILES string of the molecule is Cc1cc(-c2nc(C(=O)Nc3cc4oc(N5CCOCC5)nc4nc3N3CC[C@@H](OC(=O)CN)C3)co2)ccn1. The van der Waals surface area contributed by atoms with Crippen molar-refractivity contribution in [1.82, 2.24) is 19.9 Å². The number of rotatable bonds is 7. The van der Waals surface area contributed by atoms with Gasteiger partial charge in [0.1, 0.15) is 12.4 Å². The topological polar surface area (TPSA) is 175 Å². The van der Waals surface area contributed by atoms with Crippen LogP contribution in [0.1, 0.15) is 22.6 Å². The minimum Gasteiger partial charge on any atom is -0.459 e. The highest BCUT2D eigenvalue weighted by Gasteiger charge is 2.30. The summed E-state index contributed by atoms with van der Waals surface area (Å²) in [7, 11) is 0. The zero-order chi connectivity index (χ0) is 27.6. The van der Waals surface area contributed by atoms with Crippen LogP contribution in [0.2, 0.25) is 0 Å². The van der Waals surface area contributed by atoms with Gasteiger partial charge in [0.05, 0.1) is 32.0 Å². The number of fused-ring (bicyclic) bond motifs is 1. The summed E-state index contributed by atoms with van der Waals surface area (Å²) in [5, 5.41) is 2.90. The van der Waals surface area contributed by atoms with E-state index >= 15 is 0 Å². The molecule has 0 aliphatic carbocycles. The van der Waals surface area contributed by atoms with Crippen molar-refractivity contribution in [2.75, 3.05) is 61.1 Å². The molecule has 6 heterocycles. The average molecular weight is 549 g/mol. The maximum absolute atomic E-state index is 13.3. The molecule has 2 aliphatic rings. The normalized spacial score (nSPS) is 17.4. The van der Waals surface area contributed by atoms with Crippen molar-refractivity contribution >= 4 is 40.6 Å². The van der Waals surface area contributed by atoms with E-state index in [9.17, 15) is 9.59 Å². The first-order valence-electron chi connectivity index (χ1n) is 13.0. The molecule has 14 nitrogen and oxygen atoms in total. The number of hydrogen-bond acceptors (Lipinski definition) is 13. The second-order valence-electron chi connectivity index (χ2n) is 9.51. The van der Waals surface area contributed by atoms with Gasteiger partial charge in [-0.25, -0.2) is 9.97 Å². The van der Waals surface area contributed by atoms with Crippen LogP contribution in [0.4, 0.5) is 17.5 Å². The molecule has 40 heavy (non-hydrogen) atoms. The Bertz CT molecular complexity index is 1550. The monoisotopic (exact) mass is 548 g/mol. The highest BCUT2D eigenvalue weighted by molar-refractivity contribution is 6.05. The summed E-state index contributed by atoms with van der Waals surface area (Å²) in [6.45, 7) is 5.05. The van der Waals surface area contributed by atoms with Crippen molar-refractivity contribution in [3.05, 3.63) is 42.0 Å². The molecule has 1 atom stereocenters. The zero-order valence-electron chi connectivity index (χ0n) is 21.8. The van der Waals surface area contributed by atoms with Crippen LogP contribution in [0.5, 0.6) is 0 Å². The number of nitrogens with zero attached hydrogens (tertiary/aromatic N) is 6. The van der Waals surface area contributed by atoms with E-state index < -0.39 is 11.9 Å². The molecule has 6 rings (SSSR count). The van der Waals surface area contributed by atoms with Gasteiger partial charge in [-0.1, -0.05) is 0 Å². The number of aryl methyl sites for hydroxylation is 1. The molecule has 0 unspecified atom stereocenters. The van der Waals surface area contributed by atoms with E-state index in [0.717, 1.165) is 5.69 Å². The molecule has 0 saturated carbocycles. The molecule has 2 fully saturated rings. The maximum atomic E-state index is 13.3. The average Bonchev–Trinajstić information content (AvgIpc) is 3.73. The van der Waals surface area contributed by atoms with Gasteiger partial charge in [-0.05, 0) is 19.1 Å². The predicted molar refractivity (Wildman–Crippen MR) is 143 cm³/mol. The first kappa shape index (κ1) is 25.7. The second-order valence-corrected chi connectivity index (χ2v) is 9.51. The van der Waals surface area contributed by atoms with Gasteiger partial charge in [0.25, 0.3) is 11.9 Å². The lowest BCUT2D eigenvalue weighted by molar-refractivity contribution is -0.146. The Kier molecular flexibility index (Phi) is 7.00. The lowest BCUT2D eigenvalue weighted by Gasteiger charge is -2.24. The van der Waals surface area contributed by atoms with Crippen molar-refractivity contribution in [3.63, 3.8) is 0 Å². The van der Waals surface area contributed by atoms with Gasteiger partial charge >= 0.3 is 5.97 Å². The summed E-state index contributed by atoms with van der Waals surface area (Å²) in [6, 6.07) is 5.71. The first-order valence-corrected chi connectivity index (χ1v) is 13.0. The molecular formula is C26H28N8O6. The van der Waals surface area contributed by atoms with Crippen molar-refractivity contribution < 1.29 is 27.9 Å². The Hall–Kier alpha value is -4.56. The second kappa shape index (κ2) is 10.9. The van der Waals surface area contributed by atoms with Gasteiger partial charge in [-0.2, -0.15) is 4.98 Å². The Labute approximate surface area is 228 Å². The number of morpholine rings is 1. The molecule has 14 heteroatoms. The number of pyridine rings is 2. The number of carbonyl (C=O) groups excluding carboxylic acids is 2. The highest BCUT2D eigenvalue weighted by Crippen LogP contribution is 2.33. The van der Waals surface area contributed by atoms with Crippen LogP contribution in [0.3, 0.4) is 0 Å². The van der Waals surface area contributed by atoms with E-state index in [0.29, 0.717) is 86.0 Å². The molecule has 4 aromatic rings.